The molecule has 0 fully saturated rings. The zero-order valence-electron chi connectivity index (χ0n) is 13.7. The van der Waals surface area contributed by atoms with E-state index in [1.54, 1.807) is 48.6 Å². The Morgan fingerprint density at radius 1 is 1.15 bits per heavy atom. The van der Waals surface area contributed by atoms with Crippen molar-refractivity contribution in [3.05, 3.63) is 0 Å². The lowest BCUT2D eigenvalue weighted by Gasteiger charge is -2.40. The largest absolute Gasteiger partial charge is 0.467 e. The molecule has 0 saturated carbocycles. The Morgan fingerprint density at radius 2 is 1.60 bits per heavy atom. The maximum atomic E-state index is 12.0. The molecule has 0 aromatic rings. The van der Waals surface area contributed by atoms with Crippen molar-refractivity contribution < 1.29 is 24.2 Å². The second kappa shape index (κ2) is 6.43. The summed E-state index contributed by atoms with van der Waals surface area (Å²) < 4.78 is 9.82. The summed E-state index contributed by atoms with van der Waals surface area (Å²) in [4.78, 5) is 24.9. The molecule has 6 heteroatoms. The van der Waals surface area contributed by atoms with Crippen LogP contribution >= 0.6 is 0 Å². The molecule has 0 radical (unpaired) electrons. The predicted octanol–water partition coefficient (Wildman–Crippen LogP) is 1.80. The first-order valence-electron chi connectivity index (χ1n) is 6.56. The van der Waals surface area contributed by atoms with Gasteiger partial charge in [-0.1, -0.05) is 13.8 Å². The first-order valence-corrected chi connectivity index (χ1v) is 6.56. The molecular weight excluding hydrogens is 262 g/mol. The first kappa shape index (κ1) is 18.7. The van der Waals surface area contributed by atoms with E-state index in [2.05, 4.69) is 4.74 Å². The van der Waals surface area contributed by atoms with E-state index in [1.807, 2.05) is 0 Å². The molecule has 0 heterocycles. The van der Waals surface area contributed by atoms with Gasteiger partial charge in [0.1, 0.15) is 5.60 Å². The van der Waals surface area contributed by atoms with E-state index in [-0.39, 0.29) is 0 Å². The molecule has 0 saturated heterocycles. The summed E-state index contributed by atoms with van der Waals surface area (Å²) >= 11 is 0. The van der Waals surface area contributed by atoms with E-state index in [9.17, 15) is 14.7 Å². The van der Waals surface area contributed by atoms with Gasteiger partial charge < -0.3 is 19.5 Å². The van der Waals surface area contributed by atoms with Gasteiger partial charge in [0, 0.05) is 18.5 Å². The van der Waals surface area contributed by atoms with E-state index in [4.69, 9.17) is 4.74 Å². The molecule has 0 spiro atoms. The SMILES string of the molecule is COC(=O)C(O)C(C)(C)C(C)N(C)C(=O)OC(C)(C)C. The number of hydrogen-bond acceptors (Lipinski definition) is 5. The lowest BCUT2D eigenvalue weighted by molar-refractivity contribution is -0.159. The Morgan fingerprint density at radius 3 is 1.95 bits per heavy atom. The highest BCUT2D eigenvalue weighted by molar-refractivity contribution is 5.75. The molecule has 2 atom stereocenters. The number of esters is 1. The van der Waals surface area contributed by atoms with Crippen molar-refractivity contribution in [3.63, 3.8) is 0 Å². The van der Waals surface area contributed by atoms with Gasteiger partial charge in [0.2, 0.25) is 0 Å². The van der Waals surface area contributed by atoms with Gasteiger partial charge in [0.15, 0.2) is 6.10 Å². The first-order chi connectivity index (χ1) is 8.84. The van der Waals surface area contributed by atoms with Gasteiger partial charge in [-0.3, -0.25) is 0 Å². The van der Waals surface area contributed by atoms with E-state index in [1.165, 1.54) is 12.0 Å². The second-order valence-corrected chi connectivity index (χ2v) is 6.51. The highest BCUT2D eigenvalue weighted by atomic mass is 16.6. The summed E-state index contributed by atoms with van der Waals surface area (Å²) in [5.74, 6) is -0.723. The van der Waals surface area contributed by atoms with Crippen molar-refractivity contribution in [3.8, 4) is 0 Å². The average Bonchev–Trinajstić information content (AvgIpc) is 2.32. The van der Waals surface area contributed by atoms with Gasteiger partial charge in [-0.15, -0.1) is 0 Å². The maximum Gasteiger partial charge on any atom is 0.410 e. The van der Waals surface area contributed by atoms with Crippen LogP contribution in [0.2, 0.25) is 0 Å². The summed E-state index contributed by atoms with van der Waals surface area (Å²) in [6.07, 6.45) is -1.83. The lowest BCUT2D eigenvalue weighted by atomic mass is 9.79. The van der Waals surface area contributed by atoms with Crippen LogP contribution in [0.15, 0.2) is 0 Å². The fraction of sp³-hybridized carbons (Fsp3) is 0.857. The Hall–Kier alpha value is -1.30. The van der Waals surface area contributed by atoms with E-state index >= 15 is 0 Å². The van der Waals surface area contributed by atoms with Gasteiger partial charge in [-0.25, -0.2) is 9.59 Å². The number of carbonyl (C=O) groups is 2. The molecule has 6 nitrogen and oxygen atoms in total. The summed E-state index contributed by atoms with van der Waals surface area (Å²) in [7, 11) is 2.79. The van der Waals surface area contributed by atoms with Crippen LogP contribution in [0.5, 0.6) is 0 Å². The van der Waals surface area contributed by atoms with Gasteiger partial charge in [-0.2, -0.15) is 0 Å². The fourth-order valence-corrected chi connectivity index (χ4v) is 1.63. The number of ether oxygens (including phenoxy) is 2. The molecule has 1 amide bonds. The maximum absolute atomic E-state index is 12.0. The zero-order chi connectivity index (χ0) is 16.3. The summed E-state index contributed by atoms with van der Waals surface area (Å²) in [5.41, 5.74) is -1.48. The number of carbonyl (C=O) groups excluding carboxylic acids is 2. The van der Waals surface area contributed by atoms with Gasteiger partial charge >= 0.3 is 12.1 Å². The van der Waals surface area contributed by atoms with Crippen molar-refractivity contribution >= 4 is 12.1 Å². The van der Waals surface area contributed by atoms with Gasteiger partial charge in [0.05, 0.1) is 7.11 Å². The zero-order valence-corrected chi connectivity index (χ0v) is 13.7. The van der Waals surface area contributed by atoms with E-state index < -0.39 is 35.2 Å². The molecular formula is C14H27NO5. The van der Waals surface area contributed by atoms with Gasteiger partial charge in [-0.05, 0) is 27.7 Å². The number of rotatable bonds is 4. The quantitative estimate of drug-likeness (QED) is 0.799. The number of aliphatic hydroxyl groups excluding tert-OH is 1. The molecule has 0 bridgehead atoms. The molecule has 0 aromatic carbocycles. The van der Waals surface area contributed by atoms with Crippen molar-refractivity contribution in [2.45, 2.75) is 59.3 Å². The topological polar surface area (TPSA) is 76.1 Å². The number of nitrogens with zero attached hydrogens (tertiary/aromatic N) is 1. The van der Waals surface area contributed by atoms with Crippen molar-refractivity contribution in [1.82, 2.24) is 4.90 Å². The third kappa shape index (κ3) is 4.67. The predicted molar refractivity (Wildman–Crippen MR) is 75.3 cm³/mol. The van der Waals surface area contributed by atoms with Crippen LogP contribution < -0.4 is 0 Å². The Kier molecular flexibility index (Phi) is 6.02. The molecule has 0 aliphatic rings. The summed E-state index contributed by atoms with van der Waals surface area (Å²) in [5, 5.41) is 10.0. The highest BCUT2D eigenvalue weighted by Crippen LogP contribution is 2.30. The van der Waals surface area contributed by atoms with Crippen molar-refractivity contribution in [2.75, 3.05) is 14.2 Å². The molecule has 0 aliphatic carbocycles. The lowest BCUT2D eigenvalue weighted by Crippen LogP contribution is -2.53. The van der Waals surface area contributed by atoms with Crippen LogP contribution in [0, 0.1) is 5.41 Å². The fourth-order valence-electron chi connectivity index (χ4n) is 1.63. The minimum absolute atomic E-state index is 0.425. The Bertz CT molecular complexity index is 359. The summed E-state index contributed by atoms with van der Waals surface area (Å²) in [6.45, 7) is 10.5. The van der Waals surface area contributed by atoms with Crippen LogP contribution in [0.1, 0.15) is 41.5 Å². The molecule has 0 aliphatic heterocycles. The van der Waals surface area contributed by atoms with Crippen molar-refractivity contribution in [1.29, 1.82) is 0 Å². The van der Waals surface area contributed by atoms with E-state index in [0.717, 1.165) is 0 Å². The third-order valence-electron chi connectivity index (χ3n) is 3.47. The van der Waals surface area contributed by atoms with Crippen LogP contribution in [0.25, 0.3) is 0 Å². The molecule has 20 heavy (non-hydrogen) atoms. The Labute approximate surface area is 121 Å². The smallest absolute Gasteiger partial charge is 0.410 e. The number of hydrogen-bond donors (Lipinski definition) is 1. The minimum Gasteiger partial charge on any atom is -0.467 e. The number of amides is 1. The molecule has 118 valence electrons. The van der Waals surface area contributed by atoms with E-state index in [0.29, 0.717) is 0 Å². The number of aliphatic hydroxyl groups is 1. The van der Waals surface area contributed by atoms with Gasteiger partial charge in [0.25, 0.3) is 0 Å². The highest BCUT2D eigenvalue weighted by Gasteiger charge is 2.42. The minimum atomic E-state index is -1.33. The Balaban J connectivity index is 4.99. The molecule has 0 aromatic heterocycles. The summed E-state index contributed by atoms with van der Waals surface area (Å²) in [6, 6.07) is -0.425. The third-order valence-corrected chi connectivity index (χ3v) is 3.47. The molecule has 1 N–H and O–H groups in total. The van der Waals surface area contributed by atoms with Crippen LogP contribution in [-0.2, 0) is 14.3 Å². The van der Waals surface area contributed by atoms with Crippen molar-refractivity contribution in [2.24, 2.45) is 5.41 Å². The molecule has 2 unspecified atom stereocenters. The standard InChI is InChI=1S/C14H27NO5/c1-9(14(5,6)10(16)11(17)19-8)15(7)12(18)20-13(2,3)4/h9-10,16H,1-8H3. The average molecular weight is 289 g/mol. The van der Waals surface area contributed by atoms with Crippen LogP contribution in [0.3, 0.4) is 0 Å². The molecule has 0 rings (SSSR count). The normalized spacial score (nSPS) is 15.2. The number of methoxy groups -OCH3 is 1. The monoisotopic (exact) mass is 289 g/mol. The second-order valence-electron chi connectivity index (χ2n) is 6.51. The van der Waals surface area contributed by atoms with Crippen LogP contribution in [-0.4, -0.2) is 54.0 Å². The van der Waals surface area contributed by atoms with Crippen LogP contribution in [0.4, 0.5) is 4.79 Å².